The molecule has 1 heterocycles. The Bertz CT molecular complexity index is 361. The van der Waals surface area contributed by atoms with Crippen LogP contribution in [0.5, 0.6) is 0 Å². The number of rotatable bonds is 3. The highest BCUT2D eigenvalue weighted by atomic mass is 16.5. The lowest BCUT2D eigenvalue weighted by Crippen LogP contribution is -2.29. The third-order valence-electron chi connectivity index (χ3n) is 2.77. The van der Waals surface area contributed by atoms with Crippen LogP contribution in [0.15, 0.2) is 24.3 Å². The lowest BCUT2D eigenvalue weighted by atomic mass is 10.1. The number of hydrogen-bond acceptors (Lipinski definition) is 3. The first-order valence-electron chi connectivity index (χ1n) is 5.68. The third-order valence-corrected chi connectivity index (χ3v) is 2.77. The van der Waals surface area contributed by atoms with Gasteiger partial charge in [-0.15, -0.1) is 0 Å². The zero-order valence-electron chi connectivity index (χ0n) is 9.28. The van der Waals surface area contributed by atoms with Crippen molar-refractivity contribution >= 4 is 5.69 Å². The van der Waals surface area contributed by atoms with Crippen molar-refractivity contribution in [2.75, 3.05) is 18.5 Å². The van der Waals surface area contributed by atoms with Crippen molar-refractivity contribution in [1.29, 1.82) is 5.26 Å². The van der Waals surface area contributed by atoms with Crippen molar-refractivity contribution in [3.8, 4) is 6.07 Å². The fraction of sp³-hybridized carbons (Fsp3) is 0.462. The van der Waals surface area contributed by atoms with Gasteiger partial charge in [-0.3, -0.25) is 0 Å². The molecule has 1 fully saturated rings. The summed E-state index contributed by atoms with van der Waals surface area (Å²) in [5.74, 6) is 0. The molecular formula is C13H16N2O. The first-order valence-corrected chi connectivity index (χ1v) is 5.68. The zero-order chi connectivity index (χ0) is 11.2. The summed E-state index contributed by atoms with van der Waals surface area (Å²) in [6, 6.07) is 10.6. The Labute approximate surface area is 96.0 Å². The normalized spacial score (nSPS) is 20.1. The van der Waals surface area contributed by atoms with Crippen LogP contribution in [0.2, 0.25) is 0 Å². The second-order valence-electron chi connectivity index (χ2n) is 4.09. The van der Waals surface area contributed by atoms with Gasteiger partial charge >= 0.3 is 0 Å². The molecular weight excluding hydrogens is 200 g/mol. The van der Waals surface area contributed by atoms with Crippen molar-refractivity contribution in [2.45, 2.75) is 25.3 Å². The number of benzene rings is 1. The summed E-state index contributed by atoms with van der Waals surface area (Å²) in [6.07, 6.45) is 2.77. The monoisotopic (exact) mass is 216 g/mol. The Morgan fingerprint density at radius 2 is 2.19 bits per heavy atom. The maximum absolute atomic E-state index is 8.57. The van der Waals surface area contributed by atoms with E-state index in [1.807, 2.05) is 24.3 Å². The molecule has 0 bridgehead atoms. The molecule has 1 aliphatic rings. The maximum Gasteiger partial charge on any atom is 0.0669 e. The van der Waals surface area contributed by atoms with Crippen LogP contribution in [0, 0.1) is 11.3 Å². The molecule has 0 aliphatic carbocycles. The number of nitrogens with one attached hydrogen (secondary N) is 1. The molecule has 1 atom stereocenters. The van der Waals surface area contributed by atoms with Gasteiger partial charge in [-0.05, 0) is 30.5 Å². The largest absolute Gasteiger partial charge is 0.380 e. The van der Waals surface area contributed by atoms with Gasteiger partial charge < -0.3 is 10.1 Å². The SMILES string of the molecule is N#CCc1ccc(NC2CCCOC2)cc1. The molecule has 2 rings (SSSR count). The van der Waals surface area contributed by atoms with Crippen molar-refractivity contribution in [3.63, 3.8) is 0 Å². The molecule has 0 spiro atoms. The van der Waals surface area contributed by atoms with E-state index >= 15 is 0 Å². The second kappa shape index (κ2) is 5.53. The third kappa shape index (κ3) is 2.98. The Morgan fingerprint density at radius 3 is 2.81 bits per heavy atom. The number of nitrogens with zero attached hydrogens (tertiary/aromatic N) is 1. The van der Waals surface area contributed by atoms with Crippen LogP contribution in [0.4, 0.5) is 5.69 Å². The average Bonchev–Trinajstić information content (AvgIpc) is 2.33. The van der Waals surface area contributed by atoms with Crippen molar-refractivity contribution in [2.24, 2.45) is 0 Å². The Hall–Kier alpha value is -1.53. The molecule has 1 aromatic carbocycles. The number of ether oxygens (including phenoxy) is 1. The van der Waals surface area contributed by atoms with E-state index in [0.717, 1.165) is 30.9 Å². The molecule has 0 aromatic heterocycles. The fourth-order valence-corrected chi connectivity index (χ4v) is 1.90. The minimum absolute atomic E-state index is 0.426. The molecule has 16 heavy (non-hydrogen) atoms. The predicted octanol–water partition coefficient (Wildman–Crippen LogP) is 2.34. The van der Waals surface area contributed by atoms with Crippen LogP contribution >= 0.6 is 0 Å². The van der Waals surface area contributed by atoms with Gasteiger partial charge in [0.25, 0.3) is 0 Å². The van der Waals surface area contributed by atoms with Crippen molar-refractivity contribution in [3.05, 3.63) is 29.8 Å². The minimum atomic E-state index is 0.426. The predicted molar refractivity (Wildman–Crippen MR) is 63.2 cm³/mol. The van der Waals surface area contributed by atoms with Gasteiger partial charge in [0.05, 0.1) is 19.1 Å². The summed E-state index contributed by atoms with van der Waals surface area (Å²) in [5, 5.41) is 12.0. The number of hydrogen-bond donors (Lipinski definition) is 1. The summed E-state index contributed by atoms with van der Waals surface area (Å²) < 4.78 is 5.41. The number of nitriles is 1. The van der Waals surface area contributed by atoms with E-state index in [0.29, 0.717) is 12.5 Å². The van der Waals surface area contributed by atoms with E-state index in [1.54, 1.807) is 0 Å². The fourth-order valence-electron chi connectivity index (χ4n) is 1.90. The Kier molecular flexibility index (Phi) is 3.79. The lowest BCUT2D eigenvalue weighted by Gasteiger charge is -2.24. The van der Waals surface area contributed by atoms with Crippen LogP contribution in [0.1, 0.15) is 18.4 Å². The molecule has 3 nitrogen and oxygen atoms in total. The average molecular weight is 216 g/mol. The topological polar surface area (TPSA) is 45.0 Å². The Balaban J connectivity index is 1.91. The molecule has 1 saturated heterocycles. The van der Waals surface area contributed by atoms with E-state index < -0.39 is 0 Å². The van der Waals surface area contributed by atoms with E-state index in [2.05, 4.69) is 11.4 Å². The minimum Gasteiger partial charge on any atom is -0.380 e. The van der Waals surface area contributed by atoms with Crippen molar-refractivity contribution in [1.82, 2.24) is 0 Å². The highest BCUT2D eigenvalue weighted by Gasteiger charge is 2.12. The van der Waals surface area contributed by atoms with Crippen LogP contribution < -0.4 is 5.32 Å². The summed E-state index contributed by atoms with van der Waals surface area (Å²) in [6.45, 7) is 1.68. The van der Waals surface area contributed by atoms with Gasteiger partial charge in [0.1, 0.15) is 0 Å². The smallest absolute Gasteiger partial charge is 0.0669 e. The van der Waals surface area contributed by atoms with Gasteiger partial charge in [-0.25, -0.2) is 0 Å². The lowest BCUT2D eigenvalue weighted by molar-refractivity contribution is 0.0876. The first kappa shape index (κ1) is 11.0. The summed E-state index contributed by atoms with van der Waals surface area (Å²) in [5.41, 5.74) is 2.17. The molecule has 0 saturated carbocycles. The van der Waals surface area contributed by atoms with Gasteiger partial charge in [0.2, 0.25) is 0 Å². The highest BCUT2D eigenvalue weighted by Crippen LogP contribution is 2.15. The maximum atomic E-state index is 8.57. The first-order chi connectivity index (χ1) is 7.88. The molecule has 3 heteroatoms. The van der Waals surface area contributed by atoms with Crippen LogP contribution in [-0.2, 0) is 11.2 Å². The Morgan fingerprint density at radius 1 is 1.38 bits per heavy atom. The zero-order valence-corrected chi connectivity index (χ0v) is 9.28. The van der Waals surface area contributed by atoms with Gasteiger partial charge in [-0.2, -0.15) is 5.26 Å². The molecule has 0 amide bonds. The molecule has 1 aromatic rings. The summed E-state index contributed by atoms with van der Waals surface area (Å²) >= 11 is 0. The molecule has 84 valence electrons. The van der Waals surface area contributed by atoms with E-state index in [-0.39, 0.29) is 0 Å². The molecule has 0 radical (unpaired) electrons. The van der Waals surface area contributed by atoms with Gasteiger partial charge in [-0.1, -0.05) is 12.1 Å². The quantitative estimate of drug-likeness (QED) is 0.843. The molecule has 1 N–H and O–H groups in total. The van der Waals surface area contributed by atoms with E-state index in [4.69, 9.17) is 10.00 Å². The van der Waals surface area contributed by atoms with Gasteiger partial charge in [0, 0.05) is 18.3 Å². The highest BCUT2D eigenvalue weighted by molar-refractivity contribution is 5.45. The van der Waals surface area contributed by atoms with Crippen LogP contribution in [0.25, 0.3) is 0 Å². The summed E-state index contributed by atoms with van der Waals surface area (Å²) in [7, 11) is 0. The van der Waals surface area contributed by atoms with E-state index in [1.165, 1.54) is 6.42 Å². The summed E-state index contributed by atoms with van der Waals surface area (Å²) in [4.78, 5) is 0. The van der Waals surface area contributed by atoms with Gasteiger partial charge in [0.15, 0.2) is 0 Å². The van der Waals surface area contributed by atoms with Crippen LogP contribution in [0.3, 0.4) is 0 Å². The second-order valence-corrected chi connectivity index (χ2v) is 4.09. The van der Waals surface area contributed by atoms with Crippen LogP contribution in [-0.4, -0.2) is 19.3 Å². The van der Waals surface area contributed by atoms with Crippen molar-refractivity contribution < 1.29 is 4.74 Å². The molecule has 1 aliphatic heterocycles. The molecule has 1 unspecified atom stereocenters. The standard InChI is InChI=1S/C13H16N2O/c14-8-7-11-3-5-12(6-4-11)15-13-2-1-9-16-10-13/h3-6,13,15H,1-2,7,9-10H2. The number of anilines is 1. The van der Waals surface area contributed by atoms with E-state index in [9.17, 15) is 0 Å².